The van der Waals surface area contributed by atoms with Gasteiger partial charge in [0.15, 0.2) is 0 Å². The summed E-state index contributed by atoms with van der Waals surface area (Å²) in [6, 6.07) is 8.45. The van der Waals surface area contributed by atoms with E-state index < -0.39 is 5.54 Å². The Bertz CT molecular complexity index is 484. The van der Waals surface area contributed by atoms with E-state index in [1.54, 1.807) is 13.8 Å². The summed E-state index contributed by atoms with van der Waals surface area (Å²) in [5.74, 6) is -0.131. The lowest BCUT2D eigenvalue weighted by molar-refractivity contribution is -0.125. The molecule has 122 valence electrons. The van der Waals surface area contributed by atoms with Gasteiger partial charge in [-0.2, -0.15) is 0 Å². The van der Waals surface area contributed by atoms with Crippen LogP contribution in [0.15, 0.2) is 24.3 Å². The lowest BCUT2D eigenvalue weighted by atomic mass is 10.1. The molecule has 5 nitrogen and oxygen atoms in total. The molecule has 0 atom stereocenters. The predicted molar refractivity (Wildman–Crippen MR) is 89.3 cm³/mol. The number of rotatable bonds is 5. The highest BCUT2D eigenvalue weighted by molar-refractivity contribution is 5.84. The molecule has 1 aromatic carbocycles. The Morgan fingerprint density at radius 1 is 1.14 bits per heavy atom. The number of nitrogens with two attached hydrogens (primary N) is 1. The molecule has 0 spiro atoms. The van der Waals surface area contributed by atoms with Crippen LogP contribution in [-0.2, 0) is 17.9 Å². The van der Waals surface area contributed by atoms with Gasteiger partial charge in [-0.1, -0.05) is 24.3 Å². The molecular weight excluding hydrogens is 276 g/mol. The molecule has 1 fully saturated rings. The van der Waals surface area contributed by atoms with Gasteiger partial charge >= 0.3 is 0 Å². The maximum absolute atomic E-state index is 11.7. The topological polar surface area (TPSA) is 61.6 Å². The van der Waals surface area contributed by atoms with Crippen molar-refractivity contribution in [1.82, 2.24) is 15.1 Å². The van der Waals surface area contributed by atoms with Crippen LogP contribution < -0.4 is 11.1 Å². The van der Waals surface area contributed by atoms with Crippen LogP contribution in [0.3, 0.4) is 0 Å². The Morgan fingerprint density at radius 2 is 1.68 bits per heavy atom. The van der Waals surface area contributed by atoms with Crippen LogP contribution in [0.25, 0.3) is 0 Å². The van der Waals surface area contributed by atoms with Gasteiger partial charge in [0.1, 0.15) is 0 Å². The van der Waals surface area contributed by atoms with Crippen LogP contribution in [0.1, 0.15) is 25.0 Å². The second-order valence-corrected chi connectivity index (χ2v) is 6.80. The quantitative estimate of drug-likeness (QED) is 0.844. The van der Waals surface area contributed by atoms with Crippen LogP contribution in [-0.4, -0.2) is 54.5 Å². The van der Waals surface area contributed by atoms with Crippen molar-refractivity contribution in [1.29, 1.82) is 0 Å². The number of hydrogen-bond donors (Lipinski definition) is 2. The minimum absolute atomic E-state index is 0.131. The van der Waals surface area contributed by atoms with Crippen LogP contribution in [0.2, 0.25) is 0 Å². The first-order valence-corrected chi connectivity index (χ1v) is 7.90. The van der Waals surface area contributed by atoms with Gasteiger partial charge in [-0.25, -0.2) is 0 Å². The third kappa shape index (κ3) is 5.09. The summed E-state index contributed by atoms with van der Waals surface area (Å²) in [7, 11) is 2.17. The van der Waals surface area contributed by atoms with E-state index >= 15 is 0 Å². The first-order chi connectivity index (χ1) is 10.3. The van der Waals surface area contributed by atoms with Gasteiger partial charge < -0.3 is 16.0 Å². The third-order valence-electron chi connectivity index (χ3n) is 4.06. The summed E-state index contributed by atoms with van der Waals surface area (Å²) in [6.45, 7) is 9.46. The smallest absolute Gasteiger partial charge is 0.239 e. The van der Waals surface area contributed by atoms with E-state index in [0.717, 1.165) is 38.3 Å². The van der Waals surface area contributed by atoms with Crippen molar-refractivity contribution in [3.8, 4) is 0 Å². The van der Waals surface area contributed by atoms with Crippen molar-refractivity contribution in [3.63, 3.8) is 0 Å². The third-order valence-corrected chi connectivity index (χ3v) is 4.06. The standard InChI is InChI=1S/C17H28N4O/c1-17(2,18)16(22)19-12-14-4-6-15(7-5-14)13-21-10-8-20(3)9-11-21/h4-7H,8-13,18H2,1-3H3,(H,19,22). The molecule has 1 aromatic rings. The van der Waals surface area contributed by atoms with E-state index in [9.17, 15) is 4.79 Å². The molecule has 0 bridgehead atoms. The molecule has 3 N–H and O–H groups in total. The summed E-state index contributed by atoms with van der Waals surface area (Å²) in [6.07, 6.45) is 0. The monoisotopic (exact) mass is 304 g/mol. The summed E-state index contributed by atoms with van der Waals surface area (Å²) in [4.78, 5) is 16.6. The molecule has 1 aliphatic heterocycles. The van der Waals surface area contributed by atoms with Crippen LogP contribution >= 0.6 is 0 Å². The van der Waals surface area contributed by atoms with E-state index in [1.807, 2.05) is 0 Å². The second kappa shape index (κ2) is 7.22. The van der Waals surface area contributed by atoms with Gasteiger partial charge in [-0.15, -0.1) is 0 Å². The van der Waals surface area contributed by atoms with Crippen LogP contribution in [0, 0.1) is 0 Å². The minimum atomic E-state index is -0.832. The van der Waals surface area contributed by atoms with Crippen molar-refractivity contribution in [2.24, 2.45) is 5.73 Å². The molecule has 2 rings (SSSR count). The molecule has 0 radical (unpaired) electrons. The number of likely N-dealkylation sites (N-methyl/N-ethyl adjacent to an activating group) is 1. The fourth-order valence-electron chi connectivity index (χ4n) is 2.44. The van der Waals surface area contributed by atoms with Gasteiger partial charge in [-0.3, -0.25) is 9.69 Å². The molecule has 0 aliphatic carbocycles. The van der Waals surface area contributed by atoms with Gasteiger partial charge in [0.05, 0.1) is 5.54 Å². The Labute approximate surface area is 133 Å². The van der Waals surface area contributed by atoms with Gasteiger partial charge in [-0.05, 0) is 32.0 Å². The van der Waals surface area contributed by atoms with Gasteiger partial charge in [0.25, 0.3) is 0 Å². The number of carbonyl (C=O) groups excluding carboxylic acids is 1. The number of hydrogen-bond acceptors (Lipinski definition) is 4. The van der Waals surface area contributed by atoms with Crippen molar-refractivity contribution in [2.45, 2.75) is 32.5 Å². The Kier molecular flexibility index (Phi) is 5.56. The average Bonchev–Trinajstić information content (AvgIpc) is 2.47. The highest BCUT2D eigenvalue weighted by atomic mass is 16.2. The molecule has 1 aliphatic rings. The maximum Gasteiger partial charge on any atom is 0.239 e. The molecule has 0 aromatic heterocycles. The van der Waals surface area contributed by atoms with Crippen molar-refractivity contribution in [3.05, 3.63) is 35.4 Å². The highest BCUT2D eigenvalue weighted by Crippen LogP contribution is 2.10. The van der Waals surface area contributed by atoms with Crippen LogP contribution in [0.4, 0.5) is 0 Å². The maximum atomic E-state index is 11.7. The van der Waals surface area contributed by atoms with Gasteiger partial charge in [0, 0.05) is 39.3 Å². The van der Waals surface area contributed by atoms with E-state index in [4.69, 9.17) is 5.73 Å². The van der Waals surface area contributed by atoms with E-state index in [2.05, 4.69) is 46.4 Å². The fourth-order valence-corrected chi connectivity index (χ4v) is 2.44. The normalized spacial score (nSPS) is 17.5. The summed E-state index contributed by atoms with van der Waals surface area (Å²) >= 11 is 0. The molecule has 1 saturated heterocycles. The lowest BCUT2D eigenvalue weighted by Gasteiger charge is -2.32. The second-order valence-electron chi connectivity index (χ2n) is 6.80. The lowest BCUT2D eigenvalue weighted by Crippen LogP contribution is -2.48. The molecule has 5 heteroatoms. The SMILES string of the molecule is CN1CCN(Cc2ccc(CNC(=O)C(C)(C)N)cc2)CC1. The first-order valence-electron chi connectivity index (χ1n) is 7.90. The fraction of sp³-hybridized carbons (Fsp3) is 0.588. The van der Waals surface area contributed by atoms with Crippen LogP contribution in [0.5, 0.6) is 0 Å². The van der Waals surface area contributed by atoms with Gasteiger partial charge in [0.2, 0.25) is 5.91 Å². The number of benzene rings is 1. The number of carbonyl (C=O) groups is 1. The highest BCUT2D eigenvalue weighted by Gasteiger charge is 2.21. The molecule has 0 saturated carbocycles. The molecule has 0 unspecified atom stereocenters. The zero-order valence-corrected chi connectivity index (χ0v) is 13.9. The minimum Gasteiger partial charge on any atom is -0.350 e. The summed E-state index contributed by atoms with van der Waals surface area (Å²) in [5, 5.41) is 2.86. The number of nitrogens with zero attached hydrogens (tertiary/aromatic N) is 2. The Balaban J connectivity index is 1.81. The number of nitrogens with one attached hydrogen (secondary N) is 1. The average molecular weight is 304 g/mol. The Hall–Kier alpha value is -1.43. The van der Waals surface area contributed by atoms with Crippen molar-refractivity contribution < 1.29 is 4.79 Å². The zero-order valence-electron chi connectivity index (χ0n) is 13.9. The summed E-state index contributed by atoms with van der Waals surface area (Å²) in [5.41, 5.74) is 7.34. The molecular formula is C17H28N4O. The molecule has 1 amide bonds. The molecule has 1 heterocycles. The number of amides is 1. The van der Waals surface area contributed by atoms with E-state index in [0.29, 0.717) is 6.54 Å². The van der Waals surface area contributed by atoms with E-state index in [-0.39, 0.29) is 5.91 Å². The Morgan fingerprint density at radius 3 is 2.23 bits per heavy atom. The zero-order chi connectivity index (χ0) is 16.2. The predicted octanol–water partition coefficient (Wildman–Crippen LogP) is 0.788. The van der Waals surface area contributed by atoms with Crippen molar-refractivity contribution >= 4 is 5.91 Å². The molecule has 22 heavy (non-hydrogen) atoms. The number of piperazine rings is 1. The van der Waals surface area contributed by atoms with E-state index in [1.165, 1.54) is 5.56 Å². The largest absolute Gasteiger partial charge is 0.350 e. The summed E-state index contributed by atoms with van der Waals surface area (Å²) < 4.78 is 0. The van der Waals surface area contributed by atoms with Crippen molar-refractivity contribution in [2.75, 3.05) is 33.2 Å². The first kappa shape index (κ1) is 16.9.